The van der Waals surface area contributed by atoms with Gasteiger partial charge in [0.2, 0.25) is 0 Å². The smallest absolute Gasteiger partial charge is 0.188 e. The van der Waals surface area contributed by atoms with Gasteiger partial charge in [-0.2, -0.15) is 9.61 Å². The SMILES string of the molecule is COC(c1ccccc1)c1nnc2c(C)c(C)c(Cl)nn12. The highest BCUT2D eigenvalue weighted by molar-refractivity contribution is 6.30. The Bertz CT molecular complexity index is 785. The summed E-state index contributed by atoms with van der Waals surface area (Å²) in [6, 6.07) is 9.84. The molecule has 0 aliphatic rings. The van der Waals surface area contributed by atoms with Gasteiger partial charge in [0.25, 0.3) is 0 Å². The summed E-state index contributed by atoms with van der Waals surface area (Å²) in [5.74, 6) is 0.615. The molecule has 21 heavy (non-hydrogen) atoms. The first kappa shape index (κ1) is 14.0. The van der Waals surface area contributed by atoms with Crippen LogP contribution in [0.4, 0.5) is 0 Å². The van der Waals surface area contributed by atoms with E-state index in [2.05, 4.69) is 15.3 Å². The van der Waals surface area contributed by atoms with Gasteiger partial charge in [0.05, 0.1) is 0 Å². The lowest BCUT2D eigenvalue weighted by Gasteiger charge is -2.14. The lowest BCUT2D eigenvalue weighted by atomic mass is 10.1. The fourth-order valence-electron chi connectivity index (χ4n) is 2.29. The Balaban J connectivity index is 2.21. The van der Waals surface area contributed by atoms with E-state index in [-0.39, 0.29) is 6.10 Å². The van der Waals surface area contributed by atoms with E-state index in [1.807, 2.05) is 44.2 Å². The van der Waals surface area contributed by atoms with Gasteiger partial charge >= 0.3 is 0 Å². The molecule has 0 amide bonds. The first-order chi connectivity index (χ1) is 10.1. The Morgan fingerprint density at radius 3 is 2.48 bits per heavy atom. The van der Waals surface area contributed by atoms with E-state index in [1.165, 1.54) is 0 Å². The summed E-state index contributed by atoms with van der Waals surface area (Å²) in [6.45, 7) is 3.88. The normalized spacial score (nSPS) is 12.8. The highest BCUT2D eigenvalue weighted by Gasteiger charge is 2.22. The van der Waals surface area contributed by atoms with Crippen LogP contribution in [0, 0.1) is 13.8 Å². The van der Waals surface area contributed by atoms with Gasteiger partial charge in [0.15, 0.2) is 16.6 Å². The molecule has 2 aromatic heterocycles. The lowest BCUT2D eigenvalue weighted by molar-refractivity contribution is 0.127. The number of hydrogen-bond donors (Lipinski definition) is 0. The first-order valence-corrected chi connectivity index (χ1v) is 6.97. The molecule has 0 aliphatic heterocycles. The van der Waals surface area contributed by atoms with Crippen molar-refractivity contribution in [3.8, 4) is 0 Å². The van der Waals surface area contributed by atoms with Gasteiger partial charge in [0, 0.05) is 12.7 Å². The van der Waals surface area contributed by atoms with Gasteiger partial charge in [0.1, 0.15) is 6.10 Å². The molecular weight excluding hydrogens is 288 g/mol. The molecule has 1 unspecified atom stereocenters. The molecule has 2 heterocycles. The number of benzene rings is 1. The Kier molecular flexibility index (Phi) is 3.61. The molecule has 1 atom stereocenters. The highest BCUT2D eigenvalue weighted by Crippen LogP contribution is 2.26. The Morgan fingerprint density at radius 2 is 1.81 bits per heavy atom. The van der Waals surface area contributed by atoms with Crippen molar-refractivity contribution in [3.63, 3.8) is 0 Å². The minimum absolute atomic E-state index is 0.341. The maximum absolute atomic E-state index is 6.19. The number of aromatic nitrogens is 4. The average Bonchev–Trinajstić information content (AvgIpc) is 2.91. The van der Waals surface area contributed by atoms with Crippen molar-refractivity contribution >= 4 is 17.2 Å². The third-order valence-corrected chi connectivity index (χ3v) is 3.99. The minimum atomic E-state index is -0.341. The van der Waals surface area contributed by atoms with Gasteiger partial charge in [-0.05, 0) is 25.0 Å². The minimum Gasteiger partial charge on any atom is -0.369 e. The number of nitrogens with zero attached hydrogens (tertiary/aromatic N) is 4. The molecule has 0 fully saturated rings. The van der Waals surface area contributed by atoms with E-state index in [0.717, 1.165) is 16.7 Å². The zero-order valence-electron chi connectivity index (χ0n) is 12.0. The Hall–Kier alpha value is -1.98. The van der Waals surface area contributed by atoms with Gasteiger partial charge in [-0.25, -0.2) is 0 Å². The molecule has 0 saturated carbocycles. The summed E-state index contributed by atoms with van der Waals surface area (Å²) < 4.78 is 7.25. The summed E-state index contributed by atoms with van der Waals surface area (Å²) in [5, 5.41) is 13.3. The van der Waals surface area contributed by atoms with Crippen molar-refractivity contribution in [2.24, 2.45) is 0 Å². The van der Waals surface area contributed by atoms with E-state index >= 15 is 0 Å². The maximum atomic E-state index is 6.19. The quantitative estimate of drug-likeness (QED) is 0.746. The zero-order chi connectivity index (χ0) is 15.0. The molecule has 0 bridgehead atoms. The van der Waals surface area contributed by atoms with Crippen molar-refractivity contribution in [2.75, 3.05) is 7.11 Å². The van der Waals surface area contributed by atoms with Crippen LogP contribution in [-0.4, -0.2) is 26.9 Å². The number of fused-ring (bicyclic) bond motifs is 1. The van der Waals surface area contributed by atoms with Crippen molar-refractivity contribution < 1.29 is 4.74 Å². The summed E-state index contributed by atoms with van der Waals surface area (Å²) in [7, 11) is 1.64. The van der Waals surface area contributed by atoms with Gasteiger partial charge in [-0.1, -0.05) is 41.9 Å². The third kappa shape index (κ3) is 2.28. The molecule has 3 aromatic rings. The van der Waals surface area contributed by atoms with Crippen LogP contribution >= 0.6 is 11.6 Å². The van der Waals surface area contributed by atoms with Crippen molar-refractivity contribution in [2.45, 2.75) is 20.0 Å². The number of hydrogen-bond acceptors (Lipinski definition) is 4. The summed E-state index contributed by atoms with van der Waals surface area (Å²) >= 11 is 6.19. The molecule has 0 spiro atoms. The van der Waals surface area contributed by atoms with Gasteiger partial charge < -0.3 is 4.74 Å². The third-order valence-electron chi connectivity index (χ3n) is 3.63. The van der Waals surface area contributed by atoms with Crippen molar-refractivity contribution in [1.29, 1.82) is 0 Å². The molecule has 0 N–H and O–H groups in total. The van der Waals surface area contributed by atoms with Crippen LogP contribution in [0.2, 0.25) is 5.15 Å². The van der Waals surface area contributed by atoms with Gasteiger partial charge in [-0.3, -0.25) is 0 Å². The summed E-state index contributed by atoms with van der Waals surface area (Å²) in [4.78, 5) is 0. The molecule has 0 saturated heterocycles. The van der Waals surface area contributed by atoms with Crippen LogP contribution in [0.25, 0.3) is 5.65 Å². The fourth-order valence-corrected chi connectivity index (χ4v) is 2.51. The van der Waals surface area contributed by atoms with E-state index < -0.39 is 0 Å². The molecular formula is C15H15ClN4O. The molecule has 3 rings (SSSR count). The van der Waals surface area contributed by atoms with E-state index in [4.69, 9.17) is 16.3 Å². The second-order valence-corrected chi connectivity index (χ2v) is 5.22. The summed E-state index contributed by atoms with van der Waals surface area (Å²) in [6.07, 6.45) is -0.341. The highest BCUT2D eigenvalue weighted by atomic mass is 35.5. The van der Waals surface area contributed by atoms with E-state index in [9.17, 15) is 0 Å². The fraction of sp³-hybridized carbons (Fsp3) is 0.267. The number of rotatable bonds is 3. The van der Waals surface area contributed by atoms with E-state index in [0.29, 0.717) is 16.6 Å². The Morgan fingerprint density at radius 1 is 1.10 bits per heavy atom. The summed E-state index contributed by atoms with van der Waals surface area (Å²) in [5.41, 5.74) is 3.57. The molecule has 108 valence electrons. The monoisotopic (exact) mass is 302 g/mol. The van der Waals surface area contributed by atoms with Crippen LogP contribution in [0.3, 0.4) is 0 Å². The van der Waals surface area contributed by atoms with Crippen molar-refractivity contribution in [3.05, 3.63) is 58.0 Å². The predicted octanol–water partition coefficient (Wildman–Crippen LogP) is 3.13. The molecule has 1 aromatic carbocycles. The molecule has 0 radical (unpaired) electrons. The number of ether oxygens (including phenoxy) is 1. The number of aryl methyl sites for hydroxylation is 1. The molecule has 0 aliphatic carbocycles. The maximum Gasteiger partial charge on any atom is 0.188 e. The predicted molar refractivity (Wildman–Crippen MR) is 80.6 cm³/mol. The second kappa shape index (κ2) is 5.42. The van der Waals surface area contributed by atoms with Crippen LogP contribution < -0.4 is 0 Å². The lowest BCUT2D eigenvalue weighted by Crippen LogP contribution is -2.10. The van der Waals surface area contributed by atoms with Crippen LogP contribution in [0.1, 0.15) is 28.6 Å². The van der Waals surface area contributed by atoms with Gasteiger partial charge in [-0.15, -0.1) is 10.2 Å². The Labute approximate surface area is 127 Å². The van der Waals surface area contributed by atoms with E-state index in [1.54, 1.807) is 11.6 Å². The second-order valence-electron chi connectivity index (χ2n) is 4.86. The molecule has 6 heteroatoms. The van der Waals surface area contributed by atoms with Crippen molar-refractivity contribution in [1.82, 2.24) is 19.8 Å². The standard InChI is InChI=1S/C15H15ClN4O/c1-9-10(2)14-17-18-15(20(14)19-13(9)16)12(21-3)11-7-5-4-6-8-11/h4-8,12H,1-3H3. The van der Waals surface area contributed by atoms with Crippen LogP contribution in [0.15, 0.2) is 30.3 Å². The zero-order valence-corrected chi connectivity index (χ0v) is 12.8. The van der Waals surface area contributed by atoms with Crippen LogP contribution in [0.5, 0.6) is 0 Å². The largest absolute Gasteiger partial charge is 0.369 e. The number of methoxy groups -OCH3 is 1. The molecule has 5 nitrogen and oxygen atoms in total. The average molecular weight is 303 g/mol. The first-order valence-electron chi connectivity index (χ1n) is 6.59. The topological polar surface area (TPSA) is 52.3 Å². The van der Waals surface area contributed by atoms with Crippen LogP contribution in [-0.2, 0) is 4.74 Å². The number of halogens is 1.